The van der Waals surface area contributed by atoms with E-state index in [9.17, 15) is 5.11 Å². The van der Waals surface area contributed by atoms with E-state index >= 15 is 0 Å². The minimum atomic E-state index is -0.169. The molecule has 4 atom stereocenters. The molecule has 0 amide bonds. The van der Waals surface area contributed by atoms with Gasteiger partial charge in [-0.1, -0.05) is 27.7 Å². The Morgan fingerprint density at radius 2 is 2.00 bits per heavy atom. The predicted molar refractivity (Wildman–Crippen MR) is 58.2 cm³/mol. The Labute approximate surface area is 88.4 Å². The largest absolute Gasteiger partial charge is 0.396 e. The zero-order valence-electron chi connectivity index (χ0n) is 9.66. The van der Waals surface area contributed by atoms with Gasteiger partial charge in [0.25, 0.3) is 0 Å². The molecule has 2 nitrogen and oxygen atoms in total. The first-order chi connectivity index (χ1) is 6.36. The fraction of sp³-hybridized carbons (Fsp3) is 1.00. The van der Waals surface area contributed by atoms with Crippen LogP contribution in [0, 0.1) is 17.3 Å². The molecule has 0 bridgehead atoms. The highest BCUT2D eigenvalue weighted by Crippen LogP contribution is 2.38. The third-order valence-electron chi connectivity index (χ3n) is 3.11. The Morgan fingerprint density at radius 1 is 1.43 bits per heavy atom. The van der Waals surface area contributed by atoms with Crippen molar-refractivity contribution in [3.8, 4) is 0 Å². The molecule has 3 heteroatoms. The first kappa shape index (κ1) is 12.1. The van der Waals surface area contributed by atoms with E-state index in [4.69, 9.17) is 12.6 Å². The van der Waals surface area contributed by atoms with Crippen LogP contribution in [0.15, 0.2) is 0 Å². The van der Waals surface area contributed by atoms with Crippen LogP contribution in [0.4, 0.5) is 0 Å². The van der Waals surface area contributed by atoms with E-state index in [1.807, 2.05) is 0 Å². The first-order valence-electron chi connectivity index (χ1n) is 5.38. The molecule has 0 aliphatic carbocycles. The maximum atomic E-state index is 9.36. The van der Waals surface area contributed by atoms with Crippen molar-refractivity contribution < 1.29 is 9.84 Å². The van der Waals surface area contributed by atoms with Crippen LogP contribution in [0.2, 0.25) is 0 Å². The van der Waals surface area contributed by atoms with E-state index in [0.29, 0.717) is 5.92 Å². The molecule has 14 heavy (non-hydrogen) atoms. The van der Waals surface area contributed by atoms with E-state index in [0.717, 1.165) is 6.42 Å². The van der Waals surface area contributed by atoms with Gasteiger partial charge in [-0.05, 0) is 17.8 Å². The molecule has 1 saturated heterocycles. The topological polar surface area (TPSA) is 29.5 Å². The average molecular weight is 196 g/mol. The quantitative estimate of drug-likeness (QED) is 0.645. The van der Waals surface area contributed by atoms with E-state index in [2.05, 4.69) is 27.7 Å². The summed E-state index contributed by atoms with van der Waals surface area (Å²) in [4.78, 5) is 0. The van der Waals surface area contributed by atoms with Gasteiger partial charge in [0.05, 0.1) is 6.10 Å². The highest BCUT2D eigenvalue weighted by molar-refractivity contribution is 6.11. The van der Waals surface area contributed by atoms with Crippen molar-refractivity contribution in [2.24, 2.45) is 17.3 Å². The summed E-state index contributed by atoms with van der Waals surface area (Å²) >= 11 is 0. The Bertz CT molecular complexity index is 188. The van der Waals surface area contributed by atoms with Gasteiger partial charge in [0.2, 0.25) is 0 Å². The average Bonchev–Trinajstić information content (AvgIpc) is 2.01. The van der Waals surface area contributed by atoms with Crippen molar-refractivity contribution in [3.63, 3.8) is 0 Å². The van der Waals surface area contributed by atoms with Gasteiger partial charge >= 0.3 is 0 Å². The Balaban J connectivity index is 2.78. The number of hydrogen-bond donors (Lipinski definition) is 1. The van der Waals surface area contributed by atoms with Crippen LogP contribution in [0.1, 0.15) is 34.1 Å². The lowest BCUT2D eigenvalue weighted by atomic mass is 9.70. The Morgan fingerprint density at radius 3 is 2.43 bits per heavy atom. The molecule has 1 aliphatic rings. The molecule has 1 rings (SSSR count). The van der Waals surface area contributed by atoms with Gasteiger partial charge in [-0.15, -0.1) is 0 Å². The highest BCUT2D eigenvalue weighted by Gasteiger charge is 2.40. The Kier molecular flexibility index (Phi) is 3.65. The van der Waals surface area contributed by atoms with Crippen molar-refractivity contribution in [3.05, 3.63) is 0 Å². The van der Waals surface area contributed by atoms with Crippen molar-refractivity contribution in [2.45, 2.75) is 46.2 Å². The summed E-state index contributed by atoms with van der Waals surface area (Å²) in [7, 11) is 5.83. The maximum absolute atomic E-state index is 9.36. The second-order valence-electron chi connectivity index (χ2n) is 5.52. The maximum Gasteiger partial charge on any atom is 0.109 e. The number of aliphatic hydroxyl groups excluding tert-OH is 1. The van der Waals surface area contributed by atoms with Crippen molar-refractivity contribution in [1.29, 1.82) is 0 Å². The molecule has 0 aromatic carbocycles. The molecule has 80 valence electrons. The Hall–Kier alpha value is -0.0151. The highest BCUT2D eigenvalue weighted by atomic mass is 16.5. The van der Waals surface area contributed by atoms with Crippen LogP contribution in [-0.4, -0.2) is 31.7 Å². The molecule has 1 aliphatic heterocycles. The number of aliphatic hydroxyl groups is 1. The number of hydrogen-bond acceptors (Lipinski definition) is 2. The normalized spacial score (nSPS) is 39.8. The van der Waals surface area contributed by atoms with E-state index < -0.39 is 0 Å². The summed E-state index contributed by atoms with van der Waals surface area (Å²) in [6.45, 7) is 8.72. The van der Waals surface area contributed by atoms with Crippen molar-refractivity contribution >= 4 is 7.85 Å². The molecule has 0 aromatic heterocycles. The molecule has 0 aromatic rings. The van der Waals surface area contributed by atoms with Gasteiger partial charge in [0, 0.05) is 18.5 Å². The van der Waals surface area contributed by atoms with Crippen LogP contribution >= 0.6 is 0 Å². The molecule has 1 fully saturated rings. The van der Waals surface area contributed by atoms with Crippen LogP contribution in [0.5, 0.6) is 0 Å². The predicted octanol–water partition coefficient (Wildman–Crippen LogP) is 1.56. The summed E-state index contributed by atoms with van der Waals surface area (Å²) in [5.74, 6) is 0.655. The molecule has 1 N–H and O–H groups in total. The van der Waals surface area contributed by atoms with Crippen LogP contribution in [-0.2, 0) is 4.74 Å². The first-order valence-corrected chi connectivity index (χ1v) is 5.38. The fourth-order valence-electron chi connectivity index (χ4n) is 2.31. The zero-order chi connectivity index (χ0) is 10.9. The molecule has 3 unspecified atom stereocenters. The summed E-state index contributed by atoms with van der Waals surface area (Å²) in [5.41, 5.74) is 0.0414. The SMILES string of the molecule is [B][C@H]1CC(C)C(CO)C(C(C)(C)C)O1. The summed E-state index contributed by atoms with van der Waals surface area (Å²) in [6, 6.07) is -0.169. The van der Waals surface area contributed by atoms with E-state index in [1.165, 1.54) is 0 Å². The number of ether oxygens (including phenoxy) is 1. The van der Waals surface area contributed by atoms with Crippen molar-refractivity contribution in [1.82, 2.24) is 0 Å². The van der Waals surface area contributed by atoms with Crippen molar-refractivity contribution in [2.75, 3.05) is 6.61 Å². The van der Waals surface area contributed by atoms with Crippen LogP contribution in [0.25, 0.3) is 0 Å². The standard InChI is InChI=1S/C11H21BO2/c1-7-5-9(12)14-10(8(7)6-13)11(2,3)4/h7-10,13H,5-6H2,1-4H3/t7?,8?,9-,10?/m1/s1. The van der Waals surface area contributed by atoms with Crippen LogP contribution < -0.4 is 0 Å². The molecular weight excluding hydrogens is 175 g/mol. The second kappa shape index (κ2) is 4.24. The molecule has 0 saturated carbocycles. The van der Waals surface area contributed by atoms with Gasteiger partial charge in [-0.25, -0.2) is 0 Å². The summed E-state index contributed by atoms with van der Waals surface area (Å²) < 4.78 is 5.74. The monoisotopic (exact) mass is 196 g/mol. The smallest absolute Gasteiger partial charge is 0.109 e. The van der Waals surface area contributed by atoms with Gasteiger partial charge in [-0.3, -0.25) is 0 Å². The number of rotatable bonds is 1. The minimum absolute atomic E-state index is 0.0414. The summed E-state index contributed by atoms with van der Waals surface area (Å²) in [5, 5.41) is 9.36. The van der Waals surface area contributed by atoms with Crippen LogP contribution in [0.3, 0.4) is 0 Å². The fourth-order valence-corrected chi connectivity index (χ4v) is 2.31. The minimum Gasteiger partial charge on any atom is -0.396 e. The van der Waals surface area contributed by atoms with Gasteiger partial charge in [-0.2, -0.15) is 0 Å². The van der Waals surface area contributed by atoms with Gasteiger partial charge in [0.1, 0.15) is 7.85 Å². The zero-order valence-corrected chi connectivity index (χ0v) is 9.66. The lowest BCUT2D eigenvalue weighted by molar-refractivity contribution is -0.133. The van der Waals surface area contributed by atoms with Gasteiger partial charge < -0.3 is 9.84 Å². The molecular formula is C11H21BO2. The molecule has 1 heterocycles. The lowest BCUT2D eigenvalue weighted by Gasteiger charge is -2.45. The molecule has 2 radical (unpaired) electrons. The second-order valence-corrected chi connectivity index (χ2v) is 5.52. The van der Waals surface area contributed by atoms with Gasteiger partial charge in [0.15, 0.2) is 0 Å². The third kappa shape index (κ3) is 2.51. The third-order valence-corrected chi connectivity index (χ3v) is 3.11. The lowest BCUT2D eigenvalue weighted by Crippen LogP contribution is -2.48. The molecule has 0 spiro atoms. The van der Waals surface area contributed by atoms with E-state index in [1.54, 1.807) is 0 Å². The summed E-state index contributed by atoms with van der Waals surface area (Å²) in [6.07, 6.45) is 0.906. The van der Waals surface area contributed by atoms with E-state index in [-0.39, 0.29) is 30.0 Å².